The van der Waals surface area contributed by atoms with E-state index < -0.39 is 0 Å². The second kappa shape index (κ2) is 5.05. The maximum atomic E-state index is 11.3. The topological polar surface area (TPSA) is 66.6 Å². The number of anilines is 1. The smallest absolute Gasteiger partial charge is 0.214 e. The molecule has 5 heteroatoms. The maximum Gasteiger partial charge on any atom is 0.214 e. The lowest BCUT2D eigenvalue weighted by molar-refractivity contribution is -0.107. The van der Waals surface area contributed by atoms with E-state index in [4.69, 9.17) is 4.42 Å². The predicted molar refractivity (Wildman–Crippen MR) is 74.4 cm³/mol. The molecule has 0 fully saturated rings. The van der Waals surface area contributed by atoms with Gasteiger partial charge in [-0.2, -0.15) is 0 Å². The molecule has 3 aromatic rings. The Balaban J connectivity index is 2.03. The van der Waals surface area contributed by atoms with E-state index >= 15 is 0 Å². The van der Waals surface area contributed by atoms with Gasteiger partial charge in [-0.1, -0.05) is 12.1 Å². The zero-order valence-corrected chi connectivity index (χ0v) is 10.6. The molecule has 3 rings (SSSR count). The van der Waals surface area contributed by atoms with Crippen LogP contribution in [0.25, 0.3) is 10.9 Å². The summed E-state index contributed by atoms with van der Waals surface area (Å²) in [5, 5.41) is 11.1. The molecule has 20 heavy (non-hydrogen) atoms. The van der Waals surface area contributed by atoms with E-state index in [0.29, 0.717) is 23.4 Å². The minimum Gasteiger partial charge on any atom is -0.504 e. The Kier molecular flexibility index (Phi) is 3.09. The second-order valence-electron chi connectivity index (χ2n) is 4.32. The van der Waals surface area contributed by atoms with Gasteiger partial charge in [0.15, 0.2) is 5.75 Å². The van der Waals surface area contributed by atoms with Gasteiger partial charge in [-0.15, -0.1) is 0 Å². The fourth-order valence-electron chi connectivity index (χ4n) is 2.10. The summed E-state index contributed by atoms with van der Waals surface area (Å²) in [6.45, 7) is 0.252. The van der Waals surface area contributed by atoms with Crippen LogP contribution in [0.4, 0.5) is 5.69 Å². The summed E-state index contributed by atoms with van der Waals surface area (Å²) in [5.41, 5.74) is 0.874. The highest BCUT2D eigenvalue weighted by atomic mass is 16.3. The van der Waals surface area contributed by atoms with Crippen LogP contribution in [0.3, 0.4) is 0 Å². The Morgan fingerprint density at radius 3 is 2.90 bits per heavy atom. The van der Waals surface area contributed by atoms with Gasteiger partial charge in [-0.3, -0.25) is 9.78 Å². The summed E-state index contributed by atoms with van der Waals surface area (Å²) in [7, 11) is 0. The third-order valence-electron chi connectivity index (χ3n) is 3.07. The lowest BCUT2D eigenvalue weighted by Gasteiger charge is -2.18. The number of amides is 1. The van der Waals surface area contributed by atoms with Crippen LogP contribution in [0.5, 0.6) is 5.75 Å². The fraction of sp³-hybridized carbons (Fsp3) is 0.0667. The van der Waals surface area contributed by atoms with Gasteiger partial charge < -0.3 is 14.4 Å². The monoisotopic (exact) mass is 268 g/mol. The molecule has 5 nitrogen and oxygen atoms in total. The molecule has 2 aromatic heterocycles. The Morgan fingerprint density at radius 2 is 2.15 bits per heavy atom. The number of nitrogens with zero attached hydrogens (tertiary/aromatic N) is 2. The molecule has 2 heterocycles. The van der Waals surface area contributed by atoms with Crippen molar-refractivity contribution in [2.75, 3.05) is 4.90 Å². The molecule has 0 aliphatic heterocycles. The minimum absolute atomic E-state index is 0.0123. The molecule has 0 unspecified atom stereocenters. The van der Waals surface area contributed by atoms with E-state index in [-0.39, 0.29) is 12.3 Å². The predicted octanol–water partition coefficient (Wildman–Crippen LogP) is 2.70. The van der Waals surface area contributed by atoms with Crippen molar-refractivity contribution in [3.05, 3.63) is 54.6 Å². The highest BCUT2D eigenvalue weighted by Gasteiger charge is 2.15. The van der Waals surface area contributed by atoms with Crippen LogP contribution in [-0.4, -0.2) is 16.5 Å². The summed E-state index contributed by atoms with van der Waals surface area (Å²) in [6.07, 6.45) is 3.80. The van der Waals surface area contributed by atoms with Crippen LogP contribution in [0, 0.1) is 0 Å². The van der Waals surface area contributed by atoms with Crippen LogP contribution < -0.4 is 4.90 Å². The van der Waals surface area contributed by atoms with Crippen molar-refractivity contribution >= 4 is 23.0 Å². The van der Waals surface area contributed by atoms with Crippen LogP contribution in [-0.2, 0) is 11.3 Å². The van der Waals surface area contributed by atoms with Crippen molar-refractivity contribution in [2.24, 2.45) is 0 Å². The van der Waals surface area contributed by atoms with Crippen LogP contribution in [0.15, 0.2) is 53.3 Å². The molecule has 0 saturated carbocycles. The van der Waals surface area contributed by atoms with Crippen molar-refractivity contribution in [3.8, 4) is 5.75 Å². The number of phenols is 1. The highest BCUT2D eigenvalue weighted by molar-refractivity contribution is 5.93. The zero-order valence-electron chi connectivity index (χ0n) is 10.6. The molecule has 0 bridgehead atoms. The molecule has 1 amide bonds. The van der Waals surface area contributed by atoms with E-state index in [1.54, 1.807) is 36.7 Å². The number of fused-ring (bicyclic) bond motifs is 1. The van der Waals surface area contributed by atoms with E-state index in [0.717, 1.165) is 5.39 Å². The lowest BCUT2D eigenvalue weighted by atomic mass is 10.1. The van der Waals surface area contributed by atoms with Crippen LogP contribution in [0.1, 0.15) is 5.76 Å². The van der Waals surface area contributed by atoms with E-state index in [2.05, 4.69) is 4.98 Å². The molecule has 1 N–H and O–H groups in total. The summed E-state index contributed by atoms with van der Waals surface area (Å²) in [6, 6.07) is 10.7. The first kappa shape index (κ1) is 12.2. The second-order valence-corrected chi connectivity index (χ2v) is 4.32. The number of furan rings is 1. The van der Waals surface area contributed by atoms with Crippen molar-refractivity contribution in [3.63, 3.8) is 0 Å². The maximum absolute atomic E-state index is 11.3. The molecule has 0 atom stereocenters. The largest absolute Gasteiger partial charge is 0.504 e. The molecule has 1 aromatic carbocycles. The number of carbonyl (C=O) groups excluding carboxylic acids is 1. The van der Waals surface area contributed by atoms with Gasteiger partial charge in [-0.25, -0.2) is 0 Å². The number of hydrogen-bond donors (Lipinski definition) is 1. The van der Waals surface area contributed by atoms with Gasteiger partial charge in [0.1, 0.15) is 11.3 Å². The van der Waals surface area contributed by atoms with Gasteiger partial charge in [0.25, 0.3) is 0 Å². The number of carbonyl (C=O) groups is 1. The molecule has 0 aliphatic rings. The molecule has 100 valence electrons. The Morgan fingerprint density at radius 1 is 1.25 bits per heavy atom. The summed E-state index contributed by atoms with van der Waals surface area (Å²) >= 11 is 0. The first-order valence-corrected chi connectivity index (χ1v) is 6.10. The number of rotatable bonds is 4. The first-order chi connectivity index (χ1) is 9.79. The molecular formula is C15H12N2O3. The standard InChI is InChI=1S/C15H12N2O3/c18-10-17(9-12-4-2-8-20-12)13-6-5-11-3-1-7-16-14(11)15(13)19/h1-8,10,19H,9H2. The highest BCUT2D eigenvalue weighted by Crippen LogP contribution is 2.33. The lowest BCUT2D eigenvalue weighted by Crippen LogP contribution is -2.20. The quantitative estimate of drug-likeness (QED) is 0.739. The summed E-state index contributed by atoms with van der Waals surface area (Å²) in [5.74, 6) is 0.624. The van der Waals surface area contributed by atoms with Gasteiger partial charge in [0.05, 0.1) is 18.5 Å². The van der Waals surface area contributed by atoms with Gasteiger partial charge in [0, 0.05) is 11.6 Å². The fourth-order valence-corrected chi connectivity index (χ4v) is 2.10. The normalized spacial score (nSPS) is 10.6. The van der Waals surface area contributed by atoms with Crippen molar-refractivity contribution in [1.29, 1.82) is 0 Å². The first-order valence-electron chi connectivity index (χ1n) is 6.10. The zero-order chi connectivity index (χ0) is 13.9. The van der Waals surface area contributed by atoms with Crippen molar-refractivity contribution in [1.82, 2.24) is 4.98 Å². The Hall–Kier alpha value is -2.82. The third kappa shape index (κ3) is 2.09. The number of benzene rings is 1. The van der Waals surface area contributed by atoms with Crippen molar-refractivity contribution < 1.29 is 14.3 Å². The average Bonchev–Trinajstić information content (AvgIpc) is 2.99. The molecule has 0 spiro atoms. The number of phenolic OH excluding ortho intramolecular Hbond substituents is 1. The molecular weight excluding hydrogens is 256 g/mol. The number of aromatic nitrogens is 1. The van der Waals surface area contributed by atoms with Gasteiger partial charge in [0.2, 0.25) is 6.41 Å². The number of hydrogen-bond acceptors (Lipinski definition) is 4. The summed E-state index contributed by atoms with van der Waals surface area (Å²) < 4.78 is 5.22. The number of pyridine rings is 1. The molecule has 0 radical (unpaired) electrons. The van der Waals surface area contributed by atoms with Crippen LogP contribution >= 0.6 is 0 Å². The van der Waals surface area contributed by atoms with Gasteiger partial charge >= 0.3 is 0 Å². The van der Waals surface area contributed by atoms with Crippen LogP contribution in [0.2, 0.25) is 0 Å². The van der Waals surface area contributed by atoms with E-state index in [1.807, 2.05) is 12.1 Å². The SMILES string of the molecule is O=CN(Cc1ccco1)c1ccc2cccnc2c1O. The van der Waals surface area contributed by atoms with Crippen molar-refractivity contribution in [2.45, 2.75) is 6.54 Å². The number of aromatic hydroxyl groups is 1. The Labute approximate surface area is 115 Å². The van der Waals surface area contributed by atoms with E-state index in [1.165, 1.54) is 4.90 Å². The van der Waals surface area contributed by atoms with E-state index in [9.17, 15) is 9.90 Å². The minimum atomic E-state index is -0.0123. The molecule has 0 aliphatic carbocycles. The Bertz CT molecular complexity index is 738. The molecule has 0 saturated heterocycles. The average molecular weight is 268 g/mol. The van der Waals surface area contributed by atoms with Gasteiger partial charge in [-0.05, 0) is 24.3 Å². The third-order valence-corrected chi connectivity index (χ3v) is 3.07. The summed E-state index contributed by atoms with van der Waals surface area (Å²) in [4.78, 5) is 16.8.